The van der Waals surface area contributed by atoms with Crippen molar-refractivity contribution >= 4 is 34.8 Å². The molecule has 3 aromatic carbocycles. The van der Waals surface area contributed by atoms with Crippen LogP contribution < -0.4 is 29.1 Å². The largest absolute Gasteiger partial charge is 0.497 e. The Hall–Kier alpha value is -5.23. The van der Waals surface area contributed by atoms with Crippen LogP contribution in [0.1, 0.15) is 29.7 Å². The van der Waals surface area contributed by atoms with Crippen LogP contribution in [0.5, 0.6) is 17.2 Å². The van der Waals surface area contributed by atoms with E-state index < -0.39 is 22.5 Å². The third-order valence-electron chi connectivity index (χ3n) is 6.80. The highest BCUT2D eigenvalue weighted by Gasteiger charge is 2.35. The number of carbonyl (C=O) groups excluding carboxylic acids is 1. The van der Waals surface area contributed by atoms with Gasteiger partial charge in [-0.3, -0.25) is 19.5 Å². The third kappa shape index (κ3) is 5.52. The fraction of sp³-hybridized carbons (Fsp3) is 0.194. The molecule has 1 aliphatic heterocycles. The van der Waals surface area contributed by atoms with Gasteiger partial charge in [0.25, 0.3) is 11.2 Å². The Morgan fingerprint density at radius 2 is 1.74 bits per heavy atom. The predicted octanol–water partition coefficient (Wildman–Crippen LogP) is 3.87. The molecule has 0 spiro atoms. The van der Waals surface area contributed by atoms with Crippen LogP contribution in [0.25, 0.3) is 11.8 Å². The van der Waals surface area contributed by atoms with Gasteiger partial charge in [-0.05, 0) is 36.8 Å². The maximum atomic E-state index is 14.1. The molecule has 220 valence electrons. The van der Waals surface area contributed by atoms with E-state index in [0.29, 0.717) is 27.4 Å². The van der Waals surface area contributed by atoms with Crippen molar-refractivity contribution in [1.29, 1.82) is 0 Å². The quantitative estimate of drug-likeness (QED) is 0.161. The van der Waals surface area contributed by atoms with E-state index in [4.69, 9.17) is 23.9 Å². The molecule has 0 bridgehead atoms. The summed E-state index contributed by atoms with van der Waals surface area (Å²) in [6, 6.07) is 18.0. The number of esters is 1. The zero-order chi connectivity index (χ0) is 30.7. The van der Waals surface area contributed by atoms with Crippen LogP contribution in [0.15, 0.2) is 82.1 Å². The molecule has 0 amide bonds. The number of fused-ring (bicyclic) bond motifs is 1. The lowest BCUT2D eigenvalue weighted by Gasteiger charge is -2.26. The maximum absolute atomic E-state index is 14.1. The molecular weight excluding hydrogens is 574 g/mol. The van der Waals surface area contributed by atoms with Crippen molar-refractivity contribution in [3.63, 3.8) is 0 Å². The molecule has 4 aromatic rings. The van der Waals surface area contributed by atoms with Crippen molar-refractivity contribution in [2.75, 3.05) is 27.9 Å². The molecular formula is C31H27N3O8S. The molecule has 0 radical (unpaired) electrons. The fourth-order valence-electron chi connectivity index (χ4n) is 4.87. The first kappa shape index (κ1) is 29.3. The summed E-state index contributed by atoms with van der Waals surface area (Å²) >= 11 is 1.05. The van der Waals surface area contributed by atoms with E-state index in [1.54, 1.807) is 31.2 Å². The third-order valence-corrected chi connectivity index (χ3v) is 7.78. The minimum absolute atomic E-state index is 0.114. The van der Waals surface area contributed by atoms with Crippen LogP contribution in [0.3, 0.4) is 0 Å². The molecule has 0 fully saturated rings. The van der Waals surface area contributed by atoms with Crippen molar-refractivity contribution in [3.8, 4) is 17.2 Å². The molecule has 0 aliphatic carbocycles. The summed E-state index contributed by atoms with van der Waals surface area (Å²) < 4.78 is 23.1. The Labute approximate surface area is 249 Å². The Kier molecular flexibility index (Phi) is 8.39. The molecule has 12 heteroatoms. The van der Waals surface area contributed by atoms with Crippen LogP contribution in [0.2, 0.25) is 0 Å². The summed E-state index contributed by atoms with van der Waals surface area (Å²) in [5.41, 5.74) is 1.16. The summed E-state index contributed by atoms with van der Waals surface area (Å²) in [4.78, 5) is 44.2. The summed E-state index contributed by atoms with van der Waals surface area (Å²) in [7, 11) is 4.32. The van der Waals surface area contributed by atoms with E-state index in [0.717, 1.165) is 11.3 Å². The van der Waals surface area contributed by atoms with E-state index in [-0.39, 0.29) is 39.5 Å². The van der Waals surface area contributed by atoms with Gasteiger partial charge in [0.15, 0.2) is 16.3 Å². The van der Waals surface area contributed by atoms with Gasteiger partial charge in [-0.15, -0.1) is 0 Å². The van der Waals surface area contributed by atoms with Crippen molar-refractivity contribution in [2.24, 2.45) is 4.99 Å². The summed E-state index contributed by atoms with van der Waals surface area (Å²) in [6.45, 7) is 1.81. The number of nitrogens with zero attached hydrogens (tertiary/aromatic N) is 3. The van der Waals surface area contributed by atoms with Crippen LogP contribution in [0, 0.1) is 10.1 Å². The average molecular weight is 602 g/mol. The number of aromatic nitrogens is 1. The normalized spacial score (nSPS) is 14.5. The van der Waals surface area contributed by atoms with Crippen LogP contribution in [-0.2, 0) is 9.53 Å². The minimum Gasteiger partial charge on any atom is -0.497 e. The Morgan fingerprint density at radius 3 is 2.40 bits per heavy atom. The standard InChI is InChI=1S/C31H27N3O8S/c1-5-42-30(36)26-27(18-10-7-6-8-11-18)32-31-33(28(26)19-12-9-13-21(14-19)39-2)29(35)25(43-31)16-20-15-23(40-3)24(41-4)17-22(20)34(37)38/h6-17,28H,5H2,1-4H3/t28-/m0/s1. The second-order valence-electron chi connectivity index (χ2n) is 9.23. The van der Waals surface area contributed by atoms with Gasteiger partial charge in [-0.25, -0.2) is 9.79 Å². The molecule has 1 aromatic heterocycles. The van der Waals surface area contributed by atoms with Gasteiger partial charge in [-0.1, -0.05) is 53.8 Å². The predicted molar refractivity (Wildman–Crippen MR) is 160 cm³/mol. The van der Waals surface area contributed by atoms with Gasteiger partial charge in [0.05, 0.1) is 66.3 Å². The zero-order valence-corrected chi connectivity index (χ0v) is 24.5. The smallest absolute Gasteiger partial charge is 0.338 e. The van der Waals surface area contributed by atoms with Gasteiger partial charge < -0.3 is 18.9 Å². The molecule has 0 unspecified atom stereocenters. The lowest BCUT2D eigenvalue weighted by Crippen LogP contribution is -2.40. The monoisotopic (exact) mass is 601 g/mol. The molecule has 1 aliphatic rings. The number of nitro benzene ring substituents is 1. The number of hydrogen-bond acceptors (Lipinski definition) is 10. The second-order valence-corrected chi connectivity index (χ2v) is 10.2. The van der Waals surface area contributed by atoms with Gasteiger partial charge in [0.1, 0.15) is 5.75 Å². The minimum atomic E-state index is -0.928. The first-order valence-corrected chi connectivity index (χ1v) is 14.0. The molecule has 11 nitrogen and oxygen atoms in total. The molecule has 5 rings (SSSR count). The lowest BCUT2D eigenvalue weighted by atomic mass is 9.93. The van der Waals surface area contributed by atoms with Crippen molar-refractivity contribution < 1.29 is 28.7 Å². The number of carbonyl (C=O) groups is 1. The van der Waals surface area contributed by atoms with E-state index in [1.807, 2.05) is 30.3 Å². The topological polar surface area (TPSA) is 131 Å². The first-order chi connectivity index (χ1) is 20.8. The molecule has 0 N–H and O–H groups in total. The highest BCUT2D eigenvalue weighted by Crippen LogP contribution is 2.37. The first-order valence-electron chi connectivity index (χ1n) is 13.1. The number of thiazole rings is 1. The van der Waals surface area contributed by atoms with Crippen molar-refractivity contribution in [2.45, 2.75) is 13.0 Å². The zero-order valence-electron chi connectivity index (χ0n) is 23.7. The highest BCUT2D eigenvalue weighted by atomic mass is 32.1. The van der Waals surface area contributed by atoms with E-state index >= 15 is 0 Å². The maximum Gasteiger partial charge on any atom is 0.338 e. The summed E-state index contributed by atoms with van der Waals surface area (Å²) in [5.74, 6) is 0.347. The number of benzene rings is 3. The van der Waals surface area contributed by atoms with Crippen molar-refractivity contribution in [3.05, 3.63) is 119 Å². The van der Waals surface area contributed by atoms with Crippen LogP contribution in [0.4, 0.5) is 5.69 Å². The lowest BCUT2D eigenvalue weighted by molar-refractivity contribution is -0.385. The van der Waals surface area contributed by atoms with Crippen LogP contribution >= 0.6 is 11.3 Å². The number of nitro groups is 1. The van der Waals surface area contributed by atoms with E-state index in [2.05, 4.69) is 0 Å². The second kappa shape index (κ2) is 12.3. The SMILES string of the molecule is CCOC(=O)C1=C(c2ccccc2)N=c2sc(=Cc3cc(OC)c(OC)cc3[N+](=O)[O-])c(=O)n2[C@H]1c1cccc(OC)c1. The van der Waals surface area contributed by atoms with E-state index in [1.165, 1.54) is 44.1 Å². The fourth-order valence-corrected chi connectivity index (χ4v) is 5.86. The molecule has 0 saturated heterocycles. The van der Waals surface area contributed by atoms with Gasteiger partial charge in [0, 0.05) is 5.56 Å². The summed E-state index contributed by atoms with van der Waals surface area (Å²) in [6.07, 6.45) is 1.42. The number of methoxy groups -OCH3 is 3. The van der Waals surface area contributed by atoms with Gasteiger partial charge in [-0.2, -0.15) is 0 Å². The van der Waals surface area contributed by atoms with Gasteiger partial charge in [0.2, 0.25) is 0 Å². The molecule has 1 atom stereocenters. The Bertz CT molecular complexity index is 1930. The van der Waals surface area contributed by atoms with Crippen molar-refractivity contribution in [1.82, 2.24) is 4.57 Å². The van der Waals surface area contributed by atoms with Crippen LogP contribution in [-0.4, -0.2) is 43.4 Å². The summed E-state index contributed by atoms with van der Waals surface area (Å²) in [5, 5.41) is 12.0. The Morgan fingerprint density at radius 1 is 1.02 bits per heavy atom. The highest BCUT2D eigenvalue weighted by molar-refractivity contribution is 7.07. The Balaban J connectivity index is 1.85. The average Bonchev–Trinajstić information content (AvgIpc) is 3.34. The van der Waals surface area contributed by atoms with E-state index in [9.17, 15) is 19.7 Å². The number of hydrogen-bond donors (Lipinski definition) is 0. The molecule has 43 heavy (non-hydrogen) atoms. The molecule has 2 heterocycles. The van der Waals surface area contributed by atoms with Gasteiger partial charge >= 0.3 is 5.97 Å². The number of rotatable bonds is 9. The molecule has 0 saturated carbocycles. The number of ether oxygens (including phenoxy) is 4.